The summed E-state index contributed by atoms with van der Waals surface area (Å²) >= 11 is 0. The molecule has 0 heterocycles. The van der Waals surface area contributed by atoms with Gasteiger partial charge in [-0.1, -0.05) is 241 Å². The summed E-state index contributed by atoms with van der Waals surface area (Å²) < 4.78 is 16.8. The van der Waals surface area contributed by atoms with E-state index in [1.165, 1.54) is 135 Å². The Labute approximate surface area is 408 Å². The summed E-state index contributed by atoms with van der Waals surface area (Å²) in [6, 6.07) is 0. The molecule has 380 valence electrons. The Morgan fingerprint density at radius 2 is 0.636 bits per heavy atom. The summed E-state index contributed by atoms with van der Waals surface area (Å²) in [7, 11) is 0. The molecule has 0 radical (unpaired) electrons. The lowest BCUT2D eigenvalue weighted by Crippen LogP contribution is -2.30. The normalized spacial score (nSPS) is 12.6. The first-order valence-electron chi connectivity index (χ1n) is 28.0. The number of hydrogen-bond acceptors (Lipinski definition) is 6. The first kappa shape index (κ1) is 62.8. The number of ether oxygens (including phenoxy) is 3. The van der Waals surface area contributed by atoms with E-state index in [0.717, 1.165) is 96.3 Å². The van der Waals surface area contributed by atoms with Crippen molar-refractivity contribution in [2.45, 2.75) is 277 Å². The lowest BCUT2D eigenvalue weighted by molar-refractivity contribution is -0.167. The molecular formula is C60H104O6. The molecule has 0 aromatic heterocycles. The Morgan fingerprint density at radius 3 is 1.06 bits per heavy atom. The van der Waals surface area contributed by atoms with Gasteiger partial charge in [0, 0.05) is 19.3 Å². The van der Waals surface area contributed by atoms with Gasteiger partial charge in [-0.2, -0.15) is 0 Å². The van der Waals surface area contributed by atoms with Gasteiger partial charge in [-0.15, -0.1) is 0 Å². The maximum absolute atomic E-state index is 12.8. The van der Waals surface area contributed by atoms with Crippen molar-refractivity contribution in [3.05, 3.63) is 72.9 Å². The molecule has 0 aromatic carbocycles. The van der Waals surface area contributed by atoms with Gasteiger partial charge in [0.2, 0.25) is 0 Å². The van der Waals surface area contributed by atoms with Crippen molar-refractivity contribution < 1.29 is 28.6 Å². The highest BCUT2D eigenvalue weighted by Crippen LogP contribution is 2.16. The van der Waals surface area contributed by atoms with Crippen LogP contribution in [0.3, 0.4) is 0 Å². The molecule has 0 amide bonds. The highest BCUT2D eigenvalue weighted by Gasteiger charge is 2.19. The highest BCUT2D eigenvalue weighted by atomic mass is 16.6. The molecule has 66 heavy (non-hydrogen) atoms. The molecule has 0 spiro atoms. The Kier molecular flexibility index (Phi) is 51.9. The summed E-state index contributed by atoms with van der Waals surface area (Å²) in [6.07, 6.45) is 68.9. The highest BCUT2D eigenvalue weighted by molar-refractivity contribution is 5.71. The minimum Gasteiger partial charge on any atom is -0.462 e. The summed E-state index contributed by atoms with van der Waals surface area (Å²) in [6.45, 7) is 6.48. The van der Waals surface area contributed by atoms with Crippen LogP contribution in [0, 0.1) is 0 Å². The molecule has 0 saturated carbocycles. The van der Waals surface area contributed by atoms with Gasteiger partial charge in [0.05, 0.1) is 0 Å². The summed E-state index contributed by atoms with van der Waals surface area (Å²) in [5, 5.41) is 0. The van der Waals surface area contributed by atoms with E-state index in [1.54, 1.807) is 0 Å². The summed E-state index contributed by atoms with van der Waals surface area (Å²) in [4.78, 5) is 38.1. The SMILES string of the molecule is CC/C=C\C/C=C\C/C=C\C/C=C\CCCCCC(=O)OC(COC(=O)CCCCCCCC/C=C\C=C/CCCCC)COC(=O)CCCCCCCCCCCCCCCCCCC. The Bertz CT molecular complexity index is 1240. The number of allylic oxidation sites excluding steroid dienone is 12. The number of esters is 3. The average molecular weight is 921 g/mol. The molecule has 0 N–H and O–H groups in total. The monoisotopic (exact) mass is 921 g/mol. The van der Waals surface area contributed by atoms with Gasteiger partial charge < -0.3 is 14.2 Å². The molecule has 0 saturated heterocycles. The van der Waals surface area contributed by atoms with E-state index in [0.29, 0.717) is 12.8 Å². The van der Waals surface area contributed by atoms with Gasteiger partial charge in [-0.3, -0.25) is 14.4 Å². The van der Waals surface area contributed by atoms with Crippen molar-refractivity contribution in [2.75, 3.05) is 13.2 Å². The largest absolute Gasteiger partial charge is 0.462 e. The molecule has 1 unspecified atom stereocenters. The van der Waals surface area contributed by atoms with Crippen LogP contribution in [-0.4, -0.2) is 37.2 Å². The average Bonchev–Trinajstić information content (AvgIpc) is 3.31. The molecule has 0 rings (SSSR count). The number of hydrogen-bond donors (Lipinski definition) is 0. The lowest BCUT2D eigenvalue weighted by atomic mass is 10.0. The van der Waals surface area contributed by atoms with Crippen molar-refractivity contribution in [1.29, 1.82) is 0 Å². The first-order valence-corrected chi connectivity index (χ1v) is 28.0. The lowest BCUT2D eigenvalue weighted by Gasteiger charge is -2.18. The second-order valence-corrected chi connectivity index (χ2v) is 18.5. The first-order chi connectivity index (χ1) is 32.5. The van der Waals surface area contributed by atoms with E-state index in [9.17, 15) is 14.4 Å². The van der Waals surface area contributed by atoms with Gasteiger partial charge in [0.25, 0.3) is 0 Å². The fourth-order valence-electron chi connectivity index (χ4n) is 7.78. The Morgan fingerprint density at radius 1 is 0.333 bits per heavy atom. The zero-order chi connectivity index (χ0) is 47.9. The Hall–Kier alpha value is -3.15. The predicted molar refractivity (Wildman–Crippen MR) is 284 cm³/mol. The van der Waals surface area contributed by atoms with Gasteiger partial charge in [-0.25, -0.2) is 0 Å². The molecule has 0 fully saturated rings. The number of unbranched alkanes of at least 4 members (excludes halogenated alkanes) is 28. The molecule has 0 aromatic rings. The second kappa shape index (κ2) is 54.5. The van der Waals surface area contributed by atoms with E-state index in [2.05, 4.69) is 93.7 Å². The quantitative estimate of drug-likeness (QED) is 0.0199. The molecule has 6 nitrogen and oxygen atoms in total. The fourth-order valence-corrected chi connectivity index (χ4v) is 7.78. The molecule has 0 bridgehead atoms. The zero-order valence-corrected chi connectivity index (χ0v) is 43.4. The number of carbonyl (C=O) groups is 3. The summed E-state index contributed by atoms with van der Waals surface area (Å²) in [5.41, 5.74) is 0. The zero-order valence-electron chi connectivity index (χ0n) is 43.4. The van der Waals surface area contributed by atoms with Crippen molar-refractivity contribution in [3.8, 4) is 0 Å². The number of carbonyl (C=O) groups excluding carboxylic acids is 3. The third kappa shape index (κ3) is 51.8. The van der Waals surface area contributed by atoms with Crippen LogP contribution < -0.4 is 0 Å². The van der Waals surface area contributed by atoms with E-state index in [4.69, 9.17) is 14.2 Å². The molecule has 1 atom stereocenters. The van der Waals surface area contributed by atoms with Crippen LogP contribution in [0.4, 0.5) is 0 Å². The topological polar surface area (TPSA) is 78.9 Å². The summed E-state index contributed by atoms with van der Waals surface area (Å²) in [5.74, 6) is -0.926. The second-order valence-electron chi connectivity index (χ2n) is 18.5. The molecule has 0 aliphatic heterocycles. The van der Waals surface area contributed by atoms with Gasteiger partial charge in [0.1, 0.15) is 13.2 Å². The van der Waals surface area contributed by atoms with Gasteiger partial charge in [-0.05, 0) is 83.5 Å². The number of rotatable bonds is 50. The maximum Gasteiger partial charge on any atom is 0.306 e. The van der Waals surface area contributed by atoms with Crippen molar-refractivity contribution in [2.24, 2.45) is 0 Å². The third-order valence-corrected chi connectivity index (χ3v) is 12.0. The van der Waals surface area contributed by atoms with Crippen LogP contribution in [0.15, 0.2) is 72.9 Å². The Balaban J connectivity index is 4.43. The molecule has 0 aliphatic rings. The predicted octanol–water partition coefficient (Wildman–Crippen LogP) is 18.6. The molecular weight excluding hydrogens is 817 g/mol. The van der Waals surface area contributed by atoms with Crippen molar-refractivity contribution >= 4 is 17.9 Å². The fraction of sp³-hybridized carbons (Fsp3) is 0.750. The van der Waals surface area contributed by atoms with Crippen LogP contribution in [0.1, 0.15) is 271 Å². The minimum atomic E-state index is -0.795. The van der Waals surface area contributed by atoms with Crippen molar-refractivity contribution in [3.63, 3.8) is 0 Å². The maximum atomic E-state index is 12.8. The van der Waals surface area contributed by atoms with Crippen molar-refractivity contribution in [1.82, 2.24) is 0 Å². The van der Waals surface area contributed by atoms with E-state index in [-0.39, 0.29) is 37.5 Å². The van der Waals surface area contributed by atoms with E-state index in [1.807, 2.05) is 0 Å². The van der Waals surface area contributed by atoms with Crippen LogP contribution in [0.5, 0.6) is 0 Å². The van der Waals surface area contributed by atoms with E-state index < -0.39 is 6.10 Å². The van der Waals surface area contributed by atoms with Crippen LogP contribution >= 0.6 is 0 Å². The van der Waals surface area contributed by atoms with Crippen LogP contribution in [0.2, 0.25) is 0 Å². The minimum absolute atomic E-state index is 0.0902. The van der Waals surface area contributed by atoms with Gasteiger partial charge >= 0.3 is 17.9 Å². The standard InChI is InChI=1S/C60H104O6/c1-4-7-10-13-16-19-22-25-28-30-33-35-38-41-44-47-50-53-59(62)65-56-57(55-64-58(61)52-49-46-43-40-37-34-31-27-24-21-18-15-12-9-6-3)66-60(63)54-51-48-45-42-39-36-32-29-26-23-20-17-14-11-8-5-2/h8,11,17-18,20-21,24,26-27,29,36,39,57H,4-7,9-10,12-16,19,22-23,25,28,30-35,37-38,40-56H2,1-3H3/b11-8-,20-17-,21-18-,27-24-,29-26-,39-36-. The van der Waals surface area contributed by atoms with Crippen LogP contribution in [0.25, 0.3) is 0 Å². The van der Waals surface area contributed by atoms with Gasteiger partial charge in [0.15, 0.2) is 6.10 Å². The molecule has 6 heteroatoms. The van der Waals surface area contributed by atoms with Crippen LogP contribution in [-0.2, 0) is 28.6 Å². The molecule has 0 aliphatic carbocycles. The smallest absolute Gasteiger partial charge is 0.306 e. The van der Waals surface area contributed by atoms with E-state index >= 15 is 0 Å². The third-order valence-electron chi connectivity index (χ3n) is 12.0.